The highest BCUT2D eigenvalue weighted by Crippen LogP contribution is 2.12. The monoisotopic (exact) mass is 168 g/mol. The van der Waals surface area contributed by atoms with E-state index in [4.69, 9.17) is 5.84 Å². The van der Waals surface area contributed by atoms with Gasteiger partial charge in [-0.25, -0.2) is 10.8 Å². The SMILES string of the molecule is Cc1[nH]c(NN)nc1CC(C)C. The van der Waals surface area contributed by atoms with Crippen LogP contribution in [0.2, 0.25) is 0 Å². The third kappa shape index (κ3) is 1.98. The number of nitrogens with zero attached hydrogens (tertiary/aromatic N) is 1. The molecule has 0 aliphatic carbocycles. The van der Waals surface area contributed by atoms with Crippen molar-refractivity contribution in [2.24, 2.45) is 11.8 Å². The van der Waals surface area contributed by atoms with Crippen LogP contribution in [-0.4, -0.2) is 9.97 Å². The molecule has 0 aliphatic heterocycles. The number of aromatic amines is 1. The van der Waals surface area contributed by atoms with Crippen molar-refractivity contribution >= 4 is 5.95 Å². The largest absolute Gasteiger partial charge is 0.327 e. The first-order chi connectivity index (χ1) is 5.63. The van der Waals surface area contributed by atoms with E-state index in [1.807, 2.05) is 6.92 Å². The molecule has 0 saturated carbocycles. The van der Waals surface area contributed by atoms with Crippen LogP contribution in [0.1, 0.15) is 25.2 Å². The van der Waals surface area contributed by atoms with Crippen LogP contribution in [0.4, 0.5) is 5.95 Å². The van der Waals surface area contributed by atoms with Crippen molar-refractivity contribution in [1.29, 1.82) is 0 Å². The number of hydrogen-bond acceptors (Lipinski definition) is 3. The highest BCUT2D eigenvalue weighted by Gasteiger charge is 2.06. The van der Waals surface area contributed by atoms with Gasteiger partial charge >= 0.3 is 0 Å². The first-order valence-corrected chi connectivity index (χ1v) is 4.15. The molecule has 0 atom stereocenters. The summed E-state index contributed by atoms with van der Waals surface area (Å²) in [5.41, 5.74) is 4.68. The van der Waals surface area contributed by atoms with E-state index in [-0.39, 0.29) is 0 Å². The van der Waals surface area contributed by atoms with E-state index in [2.05, 4.69) is 29.2 Å². The van der Waals surface area contributed by atoms with Gasteiger partial charge < -0.3 is 4.98 Å². The molecule has 4 N–H and O–H groups in total. The molecule has 1 heterocycles. The molecule has 1 rings (SSSR count). The number of H-pyrrole nitrogens is 1. The fraction of sp³-hybridized carbons (Fsp3) is 0.625. The molecule has 0 saturated heterocycles. The summed E-state index contributed by atoms with van der Waals surface area (Å²) in [7, 11) is 0. The second-order valence-corrected chi connectivity index (χ2v) is 3.40. The fourth-order valence-electron chi connectivity index (χ4n) is 1.15. The number of aromatic nitrogens is 2. The van der Waals surface area contributed by atoms with Gasteiger partial charge in [-0.2, -0.15) is 0 Å². The van der Waals surface area contributed by atoms with Gasteiger partial charge in [0, 0.05) is 5.69 Å². The minimum Gasteiger partial charge on any atom is -0.327 e. The van der Waals surface area contributed by atoms with Gasteiger partial charge in [0.05, 0.1) is 5.69 Å². The lowest BCUT2D eigenvalue weighted by Crippen LogP contribution is -2.08. The molecule has 0 spiro atoms. The normalized spacial score (nSPS) is 10.8. The molecular weight excluding hydrogens is 152 g/mol. The van der Waals surface area contributed by atoms with E-state index in [0.717, 1.165) is 17.8 Å². The van der Waals surface area contributed by atoms with Crippen molar-refractivity contribution in [2.45, 2.75) is 27.2 Å². The molecule has 1 aromatic rings. The highest BCUT2D eigenvalue weighted by molar-refractivity contribution is 5.29. The van der Waals surface area contributed by atoms with Gasteiger partial charge in [-0.3, -0.25) is 5.43 Å². The smallest absolute Gasteiger partial charge is 0.215 e. The standard InChI is InChI=1S/C8H16N4/c1-5(2)4-7-6(3)10-8(11-7)12-9/h5H,4,9H2,1-3H3,(H2,10,11,12). The third-order valence-electron chi connectivity index (χ3n) is 1.72. The van der Waals surface area contributed by atoms with Gasteiger partial charge in [0.2, 0.25) is 5.95 Å². The predicted octanol–water partition coefficient (Wildman–Crippen LogP) is 1.20. The molecule has 0 bridgehead atoms. The Morgan fingerprint density at radius 3 is 2.67 bits per heavy atom. The molecular formula is C8H16N4. The summed E-state index contributed by atoms with van der Waals surface area (Å²) in [5.74, 6) is 6.48. The highest BCUT2D eigenvalue weighted by atomic mass is 15.3. The summed E-state index contributed by atoms with van der Waals surface area (Å²) < 4.78 is 0. The number of rotatable bonds is 3. The Bertz CT molecular complexity index is 252. The van der Waals surface area contributed by atoms with Gasteiger partial charge in [-0.15, -0.1) is 0 Å². The van der Waals surface area contributed by atoms with Crippen LogP contribution >= 0.6 is 0 Å². The Hall–Kier alpha value is -1.03. The lowest BCUT2D eigenvalue weighted by atomic mass is 10.1. The van der Waals surface area contributed by atoms with Crippen molar-refractivity contribution in [2.75, 3.05) is 5.43 Å². The van der Waals surface area contributed by atoms with E-state index in [1.165, 1.54) is 0 Å². The van der Waals surface area contributed by atoms with E-state index in [9.17, 15) is 0 Å². The lowest BCUT2D eigenvalue weighted by Gasteiger charge is -2.00. The third-order valence-corrected chi connectivity index (χ3v) is 1.72. The number of nitrogens with one attached hydrogen (secondary N) is 2. The van der Waals surface area contributed by atoms with E-state index >= 15 is 0 Å². The first-order valence-electron chi connectivity index (χ1n) is 4.15. The van der Waals surface area contributed by atoms with Crippen molar-refractivity contribution < 1.29 is 0 Å². The number of nitrogen functional groups attached to an aromatic ring is 1. The van der Waals surface area contributed by atoms with Crippen LogP contribution in [-0.2, 0) is 6.42 Å². The molecule has 0 amide bonds. The van der Waals surface area contributed by atoms with Crippen LogP contribution in [0.15, 0.2) is 0 Å². The van der Waals surface area contributed by atoms with Crippen molar-refractivity contribution in [1.82, 2.24) is 9.97 Å². The topological polar surface area (TPSA) is 66.7 Å². The van der Waals surface area contributed by atoms with Crippen molar-refractivity contribution in [3.8, 4) is 0 Å². The number of imidazole rings is 1. The Labute approximate surface area is 72.5 Å². The van der Waals surface area contributed by atoms with Crippen LogP contribution in [0.25, 0.3) is 0 Å². The van der Waals surface area contributed by atoms with Crippen LogP contribution in [0.5, 0.6) is 0 Å². The van der Waals surface area contributed by atoms with Gasteiger partial charge in [-0.1, -0.05) is 13.8 Å². The second-order valence-electron chi connectivity index (χ2n) is 3.40. The maximum atomic E-state index is 5.22. The summed E-state index contributed by atoms with van der Waals surface area (Å²) in [6.45, 7) is 6.35. The van der Waals surface area contributed by atoms with Gasteiger partial charge in [-0.05, 0) is 19.3 Å². The van der Waals surface area contributed by atoms with Crippen molar-refractivity contribution in [3.05, 3.63) is 11.4 Å². The summed E-state index contributed by atoms with van der Waals surface area (Å²) in [6.07, 6.45) is 0.990. The molecule has 4 heteroatoms. The quantitative estimate of drug-likeness (QED) is 0.469. The van der Waals surface area contributed by atoms with Crippen molar-refractivity contribution in [3.63, 3.8) is 0 Å². The molecule has 68 valence electrons. The number of hydrazine groups is 1. The fourth-order valence-corrected chi connectivity index (χ4v) is 1.15. The number of anilines is 1. The average molecular weight is 168 g/mol. The molecule has 0 fully saturated rings. The van der Waals surface area contributed by atoms with Gasteiger partial charge in [0.25, 0.3) is 0 Å². The zero-order valence-corrected chi connectivity index (χ0v) is 7.81. The molecule has 0 unspecified atom stereocenters. The zero-order chi connectivity index (χ0) is 9.14. The zero-order valence-electron chi connectivity index (χ0n) is 7.81. The molecule has 1 aromatic heterocycles. The number of hydrogen-bond donors (Lipinski definition) is 3. The summed E-state index contributed by atoms with van der Waals surface area (Å²) >= 11 is 0. The van der Waals surface area contributed by atoms with Crippen LogP contribution < -0.4 is 11.3 Å². The Kier molecular flexibility index (Phi) is 2.70. The van der Waals surface area contributed by atoms with E-state index < -0.39 is 0 Å². The van der Waals surface area contributed by atoms with Gasteiger partial charge in [0.1, 0.15) is 0 Å². The predicted molar refractivity (Wildman–Crippen MR) is 49.7 cm³/mol. The maximum absolute atomic E-state index is 5.22. The molecule has 4 nitrogen and oxygen atoms in total. The Morgan fingerprint density at radius 2 is 2.25 bits per heavy atom. The first kappa shape index (κ1) is 9.06. The van der Waals surface area contributed by atoms with E-state index in [1.54, 1.807) is 0 Å². The molecule has 12 heavy (non-hydrogen) atoms. The molecule has 0 aromatic carbocycles. The number of aryl methyl sites for hydroxylation is 1. The lowest BCUT2D eigenvalue weighted by molar-refractivity contribution is 0.635. The average Bonchev–Trinajstić information content (AvgIpc) is 2.31. The maximum Gasteiger partial charge on any atom is 0.215 e. The number of nitrogens with two attached hydrogens (primary N) is 1. The van der Waals surface area contributed by atoms with Crippen LogP contribution in [0, 0.1) is 12.8 Å². The van der Waals surface area contributed by atoms with Gasteiger partial charge in [0.15, 0.2) is 0 Å². The summed E-state index contributed by atoms with van der Waals surface area (Å²) in [4.78, 5) is 7.33. The minimum atomic E-state index is 0.623. The van der Waals surface area contributed by atoms with Crippen LogP contribution in [0.3, 0.4) is 0 Å². The second kappa shape index (κ2) is 3.58. The Morgan fingerprint density at radius 1 is 1.58 bits per heavy atom. The summed E-state index contributed by atoms with van der Waals surface area (Å²) in [6, 6.07) is 0. The molecule has 0 aliphatic rings. The van der Waals surface area contributed by atoms with E-state index in [0.29, 0.717) is 11.9 Å². The molecule has 0 radical (unpaired) electrons. The summed E-state index contributed by atoms with van der Waals surface area (Å²) in [5, 5.41) is 0. The Balaban J connectivity index is 2.77. The minimum absolute atomic E-state index is 0.623.